The number of esters is 4. The Labute approximate surface area is 285 Å². The minimum absolute atomic E-state index is 0.0431. The number of hydrogen-bond donors (Lipinski definition) is 0. The number of hydrogen-bond acceptors (Lipinski definition) is 13. The van der Waals surface area contributed by atoms with Crippen molar-refractivity contribution in [2.24, 2.45) is 0 Å². The van der Waals surface area contributed by atoms with Crippen LogP contribution in [-0.4, -0.2) is 75.5 Å². The Hall–Kier alpha value is -5.17. The first-order chi connectivity index (χ1) is 23.8. The van der Waals surface area contributed by atoms with E-state index >= 15 is 0 Å². The highest BCUT2D eigenvalue weighted by Crippen LogP contribution is 2.26. The van der Waals surface area contributed by atoms with E-state index in [-0.39, 0.29) is 38.0 Å². The standard InChI is InChI=1S/C36H42O13/c1-3-32(37)43-22-6-5-21-42-25-46-28-13-9-26(10-14-28)34(39)47-29-17-19-30(20-18-29)48-35(40)27-11-15-31(16-12-27)49-36(41)45-24-8-7-23-44-33(38)4-2/h3-4,9-16,29-30H,1-2,5-8,17-25H2. The molecule has 0 saturated heterocycles. The molecule has 2 aromatic carbocycles. The van der Waals surface area contributed by atoms with Crippen molar-refractivity contribution in [3.63, 3.8) is 0 Å². The highest BCUT2D eigenvalue weighted by Gasteiger charge is 2.27. The van der Waals surface area contributed by atoms with E-state index in [0.29, 0.717) is 81.5 Å². The summed E-state index contributed by atoms with van der Waals surface area (Å²) in [6.45, 7) is 7.73. The zero-order valence-corrected chi connectivity index (χ0v) is 27.3. The van der Waals surface area contributed by atoms with Crippen LogP contribution in [0.5, 0.6) is 11.5 Å². The van der Waals surface area contributed by atoms with Crippen molar-refractivity contribution in [1.82, 2.24) is 0 Å². The second-order valence-electron chi connectivity index (χ2n) is 10.8. The molecule has 2 aromatic rings. The predicted molar refractivity (Wildman–Crippen MR) is 174 cm³/mol. The molecule has 1 fully saturated rings. The molecular formula is C36H42O13. The van der Waals surface area contributed by atoms with Gasteiger partial charge < -0.3 is 37.9 Å². The third kappa shape index (κ3) is 15.1. The lowest BCUT2D eigenvalue weighted by Gasteiger charge is -2.28. The average molecular weight is 683 g/mol. The fourth-order valence-corrected chi connectivity index (χ4v) is 4.48. The molecule has 0 aliphatic heterocycles. The van der Waals surface area contributed by atoms with Crippen LogP contribution < -0.4 is 9.47 Å². The Morgan fingerprint density at radius 3 is 1.49 bits per heavy atom. The van der Waals surface area contributed by atoms with Crippen LogP contribution in [0.15, 0.2) is 73.8 Å². The molecule has 49 heavy (non-hydrogen) atoms. The molecule has 1 aliphatic carbocycles. The van der Waals surface area contributed by atoms with E-state index in [1.807, 2.05) is 0 Å². The van der Waals surface area contributed by atoms with Gasteiger partial charge in [-0.25, -0.2) is 24.0 Å². The lowest BCUT2D eigenvalue weighted by atomic mass is 9.95. The summed E-state index contributed by atoms with van der Waals surface area (Å²) in [6, 6.07) is 12.5. The maximum atomic E-state index is 12.7. The third-order valence-corrected chi connectivity index (χ3v) is 7.12. The summed E-state index contributed by atoms with van der Waals surface area (Å²) in [5.74, 6) is -1.17. The van der Waals surface area contributed by atoms with Crippen molar-refractivity contribution in [2.75, 3.05) is 33.2 Å². The first-order valence-corrected chi connectivity index (χ1v) is 16.0. The molecule has 0 atom stereocenters. The van der Waals surface area contributed by atoms with Gasteiger partial charge in [-0.2, -0.15) is 0 Å². The van der Waals surface area contributed by atoms with Gasteiger partial charge >= 0.3 is 30.0 Å². The summed E-state index contributed by atoms with van der Waals surface area (Å²) in [4.78, 5) is 59.1. The van der Waals surface area contributed by atoms with E-state index in [2.05, 4.69) is 13.2 Å². The molecule has 0 spiro atoms. The van der Waals surface area contributed by atoms with Crippen molar-refractivity contribution in [3.05, 3.63) is 85.0 Å². The molecule has 0 radical (unpaired) electrons. The number of carbonyl (C=O) groups excluding carboxylic acids is 5. The van der Waals surface area contributed by atoms with E-state index in [9.17, 15) is 24.0 Å². The molecule has 13 heteroatoms. The third-order valence-electron chi connectivity index (χ3n) is 7.12. The SMILES string of the molecule is C=CC(=O)OCCCCOCOc1ccc(C(=O)OC2CCC(OC(=O)c3ccc(OC(=O)OCCCCOC(=O)C=C)cc3)CC2)cc1. The minimum Gasteiger partial charge on any atom is -0.468 e. The molecule has 13 nitrogen and oxygen atoms in total. The minimum atomic E-state index is -0.890. The van der Waals surface area contributed by atoms with Gasteiger partial charge in [-0.15, -0.1) is 0 Å². The quantitative estimate of drug-likeness (QED) is 0.0406. The Kier molecular flexibility index (Phi) is 16.9. The summed E-state index contributed by atoms with van der Waals surface area (Å²) in [5, 5.41) is 0. The summed E-state index contributed by atoms with van der Waals surface area (Å²) >= 11 is 0. The van der Waals surface area contributed by atoms with Gasteiger partial charge in [-0.1, -0.05) is 13.2 Å². The molecule has 0 aromatic heterocycles. The predicted octanol–water partition coefficient (Wildman–Crippen LogP) is 5.90. The lowest BCUT2D eigenvalue weighted by molar-refractivity contribution is -0.138. The fourth-order valence-electron chi connectivity index (χ4n) is 4.48. The molecule has 1 saturated carbocycles. The van der Waals surface area contributed by atoms with Crippen LogP contribution in [0.1, 0.15) is 72.1 Å². The van der Waals surface area contributed by atoms with Crippen LogP contribution in [-0.2, 0) is 38.0 Å². The van der Waals surface area contributed by atoms with E-state index in [0.717, 1.165) is 12.2 Å². The molecule has 0 amide bonds. The monoisotopic (exact) mass is 682 g/mol. The second kappa shape index (κ2) is 21.7. The molecule has 264 valence electrons. The molecular weight excluding hydrogens is 640 g/mol. The van der Waals surface area contributed by atoms with Crippen molar-refractivity contribution >= 4 is 30.0 Å². The Morgan fingerprint density at radius 2 is 1.02 bits per heavy atom. The zero-order chi connectivity index (χ0) is 35.3. The number of benzene rings is 2. The van der Waals surface area contributed by atoms with Crippen molar-refractivity contribution in [3.8, 4) is 11.5 Å². The average Bonchev–Trinajstić information content (AvgIpc) is 3.11. The first-order valence-electron chi connectivity index (χ1n) is 16.0. The Balaban J connectivity index is 1.27. The lowest BCUT2D eigenvalue weighted by Crippen LogP contribution is -2.29. The van der Waals surface area contributed by atoms with Crippen molar-refractivity contribution in [2.45, 2.75) is 63.6 Å². The van der Waals surface area contributed by atoms with Crippen LogP contribution in [0.25, 0.3) is 0 Å². The highest BCUT2D eigenvalue weighted by molar-refractivity contribution is 5.90. The van der Waals surface area contributed by atoms with Crippen molar-refractivity contribution < 1.29 is 61.9 Å². The second-order valence-corrected chi connectivity index (χ2v) is 10.8. The van der Waals surface area contributed by atoms with Gasteiger partial charge in [0.05, 0.1) is 37.6 Å². The maximum absolute atomic E-state index is 12.7. The van der Waals surface area contributed by atoms with Gasteiger partial charge in [0.15, 0.2) is 6.79 Å². The molecule has 1 aliphatic rings. The van der Waals surface area contributed by atoms with E-state index in [4.69, 9.17) is 37.9 Å². The Morgan fingerprint density at radius 1 is 0.592 bits per heavy atom. The zero-order valence-electron chi connectivity index (χ0n) is 27.3. The largest absolute Gasteiger partial charge is 0.513 e. The Bertz CT molecular complexity index is 1380. The number of rotatable bonds is 20. The van der Waals surface area contributed by atoms with Gasteiger partial charge in [0, 0.05) is 12.2 Å². The number of carbonyl (C=O) groups is 5. The summed E-state index contributed by atoms with van der Waals surface area (Å²) in [5.41, 5.74) is 0.686. The summed E-state index contributed by atoms with van der Waals surface area (Å²) in [6.07, 6.45) is 5.25. The maximum Gasteiger partial charge on any atom is 0.513 e. The molecule has 0 N–H and O–H groups in total. The van der Waals surface area contributed by atoms with Crippen LogP contribution in [0.3, 0.4) is 0 Å². The van der Waals surface area contributed by atoms with Crippen LogP contribution in [0, 0.1) is 0 Å². The highest BCUT2D eigenvalue weighted by atomic mass is 16.7. The van der Waals surface area contributed by atoms with Gasteiger partial charge in [-0.3, -0.25) is 0 Å². The van der Waals surface area contributed by atoms with Gasteiger partial charge in [-0.05, 0) is 99.9 Å². The topological polar surface area (TPSA) is 159 Å². The summed E-state index contributed by atoms with van der Waals surface area (Å²) < 4.78 is 42.1. The van der Waals surface area contributed by atoms with Gasteiger partial charge in [0.25, 0.3) is 0 Å². The van der Waals surface area contributed by atoms with E-state index in [1.165, 1.54) is 24.3 Å². The molecule has 0 bridgehead atoms. The molecule has 3 rings (SSSR count). The molecule has 0 unspecified atom stereocenters. The first kappa shape index (κ1) is 38.3. The smallest absolute Gasteiger partial charge is 0.468 e. The van der Waals surface area contributed by atoms with Crippen LogP contribution in [0.4, 0.5) is 4.79 Å². The fraction of sp³-hybridized carbons (Fsp3) is 0.417. The summed E-state index contributed by atoms with van der Waals surface area (Å²) in [7, 11) is 0. The van der Waals surface area contributed by atoms with E-state index < -0.39 is 30.0 Å². The number of ether oxygens (including phenoxy) is 8. The van der Waals surface area contributed by atoms with Gasteiger partial charge in [0.2, 0.25) is 0 Å². The van der Waals surface area contributed by atoms with E-state index in [1.54, 1.807) is 24.3 Å². The van der Waals surface area contributed by atoms with Gasteiger partial charge in [0.1, 0.15) is 23.7 Å². The van der Waals surface area contributed by atoms with Crippen molar-refractivity contribution in [1.29, 1.82) is 0 Å². The normalized spacial score (nSPS) is 15.2. The number of unbranched alkanes of at least 4 members (excludes halogenated alkanes) is 2. The molecule has 0 heterocycles. The van der Waals surface area contributed by atoms with Crippen LogP contribution >= 0.6 is 0 Å². The van der Waals surface area contributed by atoms with Crippen LogP contribution in [0.2, 0.25) is 0 Å².